The van der Waals surface area contributed by atoms with Gasteiger partial charge in [-0.05, 0) is 36.0 Å². The first-order valence-corrected chi connectivity index (χ1v) is 7.02. The van der Waals surface area contributed by atoms with Gasteiger partial charge in [0.05, 0.1) is 0 Å². The highest BCUT2D eigenvalue weighted by molar-refractivity contribution is 7.84. The van der Waals surface area contributed by atoms with E-state index >= 15 is 0 Å². The first kappa shape index (κ1) is 14.6. The van der Waals surface area contributed by atoms with Crippen LogP contribution in [0.1, 0.15) is 34.1 Å². The van der Waals surface area contributed by atoms with Crippen molar-refractivity contribution < 1.29 is 0 Å². The maximum Gasteiger partial charge on any atom is 0.0414 e. The van der Waals surface area contributed by atoms with Crippen molar-refractivity contribution in [2.45, 2.75) is 34.1 Å². The molecule has 2 heteroatoms. The van der Waals surface area contributed by atoms with Gasteiger partial charge in [-0.3, -0.25) is 4.99 Å². The summed E-state index contributed by atoms with van der Waals surface area (Å²) in [5.41, 5.74) is 0. The summed E-state index contributed by atoms with van der Waals surface area (Å²) in [6.07, 6.45) is 9.61. The first-order chi connectivity index (χ1) is 8.04. The van der Waals surface area contributed by atoms with Crippen LogP contribution in [0.4, 0.5) is 0 Å². The minimum Gasteiger partial charge on any atom is -0.297 e. The van der Waals surface area contributed by atoms with Gasteiger partial charge in [0.15, 0.2) is 0 Å². The number of nitrogens with zero attached hydrogens (tertiary/aromatic N) is 1. The van der Waals surface area contributed by atoms with Gasteiger partial charge in [0.1, 0.15) is 0 Å². The zero-order chi connectivity index (χ0) is 12.8. The van der Waals surface area contributed by atoms with Crippen LogP contribution in [0.15, 0.2) is 28.1 Å². The molecule has 0 saturated heterocycles. The Kier molecular flexibility index (Phi) is 6.04. The quantitative estimate of drug-likeness (QED) is 0.409. The van der Waals surface area contributed by atoms with E-state index in [0.717, 1.165) is 29.2 Å². The van der Waals surface area contributed by atoms with Crippen molar-refractivity contribution in [1.82, 2.24) is 0 Å². The van der Waals surface area contributed by atoms with Gasteiger partial charge in [-0.2, -0.15) is 0 Å². The second-order valence-electron chi connectivity index (χ2n) is 5.30. The number of hydrogen-bond donors (Lipinski definition) is 1. The molecule has 1 fully saturated rings. The summed E-state index contributed by atoms with van der Waals surface area (Å²) >= 11 is 4.30. The van der Waals surface area contributed by atoms with Gasteiger partial charge in [-0.15, -0.1) is 12.6 Å². The zero-order valence-electron chi connectivity index (χ0n) is 11.4. The van der Waals surface area contributed by atoms with Gasteiger partial charge in [0.25, 0.3) is 0 Å². The molecule has 0 N–H and O–H groups in total. The highest BCUT2D eigenvalue weighted by atomic mass is 32.1. The third-order valence-electron chi connectivity index (χ3n) is 3.50. The smallest absolute Gasteiger partial charge is 0.0414 e. The van der Waals surface area contributed by atoms with Crippen LogP contribution in [0.3, 0.4) is 0 Å². The van der Waals surface area contributed by atoms with Crippen molar-refractivity contribution in [2.75, 3.05) is 6.54 Å². The van der Waals surface area contributed by atoms with E-state index in [1.54, 1.807) is 0 Å². The summed E-state index contributed by atoms with van der Waals surface area (Å²) in [6.45, 7) is 9.77. The van der Waals surface area contributed by atoms with Crippen molar-refractivity contribution in [2.24, 2.45) is 28.7 Å². The van der Waals surface area contributed by atoms with E-state index in [1.807, 2.05) is 19.1 Å². The molecule has 0 aromatic rings. The zero-order valence-corrected chi connectivity index (χ0v) is 12.3. The van der Waals surface area contributed by atoms with Crippen LogP contribution in [0.2, 0.25) is 0 Å². The van der Waals surface area contributed by atoms with E-state index in [9.17, 15) is 0 Å². The lowest BCUT2D eigenvalue weighted by Crippen LogP contribution is -2.04. The van der Waals surface area contributed by atoms with Gasteiger partial charge in [0, 0.05) is 18.7 Å². The van der Waals surface area contributed by atoms with E-state index in [-0.39, 0.29) is 0 Å². The summed E-state index contributed by atoms with van der Waals surface area (Å²) in [5, 5.41) is 0. The van der Waals surface area contributed by atoms with Crippen molar-refractivity contribution in [3.05, 3.63) is 23.1 Å². The summed E-state index contributed by atoms with van der Waals surface area (Å²) in [4.78, 5) is 5.56. The average Bonchev–Trinajstić information content (AvgIpc) is 3.03. The molecular weight excluding hydrogens is 226 g/mol. The van der Waals surface area contributed by atoms with E-state index in [0.29, 0.717) is 5.92 Å². The van der Waals surface area contributed by atoms with E-state index in [4.69, 9.17) is 0 Å². The Labute approximate surface area is 112 Å². The number of allylic oxidation sites excluding steroid dienone is 3. The largest absolute Gasteiger partial charge is 0.297 e. The minimum atomic E-state index is 0.390. The predicted octanol–water partition coefficient (Wildman–Crippen LogP) is 4.38. The Morgan fingerprint density at radius 3 is 2.65 bits per heavy atom. The molecule has 1 rings (SSSR count). The molecule has 1 nitrogen and oxygen atoms in total. The van der Waals surface area contributed by atoms with Gasteiger partial charge in [-0.1, -0.05) is 39.0 Å². The molecule has 96 valence electrons. The number of aliphatic imine (C=N–C) groups is 1. The maximum atomic E-state index is 4.55. The van der Waals surface area contributed by atoms with Gasteiger partial charge < -0.3 is 0 Å². The lowest BCUT2D eigenvalue weighted by Gasteiger charge is -2.06. The van der Waals surface area contributed by atoms with E-state index in [1.165, 1.54) is 6.42 Å². The second-order valence-corrected chi connectivity index (χ2v) is 5.82. The second kappa shape index (κ2) is 7.05. The fourth-order valence-corrected chi connectivity index (χ4v) is 2.16. The molecular formula is C15H25NS. The highest BCUT2D eigenvalue weighted by Crippen LogP contribution is 2.43. The first-order valence-electron chi connectivity index (χ1n) is 6.58. The average molecular weight is 251 g/mol. The Morgan fingerprint density at radius 1 is 1.47 bits per heavy atom. The Balaban J connectivity index is 2.26. The van der Waals surface area contributed by atoms with Crippen molar-refractivity contribution >= 4 is 18.8 Å². The fourth-order valence-electron chi connectivity index (χ4n) is 2.07. The summed E-state index contributed by atoms with van der Waals surface area (Å²) in [6, 6.07) is 0. The molecule has 0 aromatic heterocycles. The van der Waals surface area contributed by atoms with Crippen LogP contribution in [0.5, 0.6) is 0 Å². The highest BCUT2D eigenvalue weighted by Gasteiger charge is 2.36. The normalized spacial score (nSPS) is 28.9. The molecule has 1 aliphatic carbocycles. The van der Waals surface area contributed by atoms with Crippen molar-refractivity contribution in [1.29, 1.82) is 0 Å². The predicted molar refractivity (Wildman–Crippen MR) is 80.8 cm³/mol. The number of thiol groups is 1. The monoisotopic (exact) mass is 251 g/mol. The minimum absolute atomic E-state index is 0.390. The van der Waals surface area contributed by atoms with Crippen LogP contribution in [0.25, 0.3) is 0 Å². The van der Waals surface area contributed by atoms with Gasteiger partial charge in [-0.25, -0.2) is 0 Å². The molecule has 1 saturated carbocycles. The number of hydrogen-bond acceptors (Lipinski definition) is 2. The molecule has 0 amide bonds. The van der Waals surface area contributed by atoms with E-state index < -0.39 is 0 Å². The van der Waals surface area contributed by atoms with Crippen LogP contribution < -0.4 is 0 Å². The fraction of sp³-hybridized carbons (Fsp3) is 0.667. The standard InChI is InChI=1S/C15H25NS/c1-5-14(17)7-6-11(2)9-16-10-13(4)15-8-12(15)3/h5-7,9,11-13,15,17H,8,10H2,1-4H3/b7-6-,14-5+,16-9?/t11-,12?,13?,15?/m0/s1. The van der Waals surface area contributed by atoms with Crippen LogP contribution in [-0.2, 0) is 0 Å². The SMILES string of the molecule is C/C=C(S)\C=C/[C@H](C)C=NCC(C)C1CC1C. The third kappa shape index (κ3) is 5.58. The molecule has 0 bridgehead atoms. The van der Waals surface area contributed by atoms with Crippen molar-refractivity contribution in [3.63, 3.8) is 0 Å². The van der Waals surface area contributed by atoms with Crippen LogP contribution in [-0.4, -0.2) is 12.8 Å². The van der Waals surface area contributed by atoms with E-state index in [2.05, 4.69) is 50.7 Å². The molecule has 0 radical (unpaired) electrons. The Morgan fingerprint density at radius 2 is 2.12 bits per heavy atom. The van der Waals surface area contributed by atoms with Crippen LogP contribution >= 0.6 is 12.6 Å². The number of rotatable bonds is 6. The molecule has 3 unspecified atom stereocenters. The van der Waals surface area contributed by atoms with Crippen LogP contribution in [0, 0.1) is 23.7 Å². The summed E-state index contributed by atoms with van der Waals surface area (Å²) in [5.74, 6) is 2.98. The van der Waals surface area contributed by atoms with Gasteiger partial charge in [0.2, 0.25) is 0 Å². The Bertz CT molecular complexity index is 317. The topological polar surface area (TPSA) is 12.4 Å². The lowest BCUT2D eigenvalue weighted by atomic mass is 10.1. The third-order valence-corrected chi connectivity index (χ3v) is 3.91. The Hall–Kier alpha value is -0.500. The molecule has 0 aliphatic heterocycles. The molecule has 0 heterocycles. The maximum absolute atomic E-state index is 4.55. The van der Waals surface area contributed by atoms with Crippen molar-refractivity contribution in [3.8, 4) is 0 Å². The lowest BCUT2D eigenvalue weighted by molar-refractivity contribution is 0.496. The summed E-state index contributed by atoms with van der Waals surface area (Å²) < 4.78 is 0. The molecule has 17 heavy (non-hydrogen) atoms. The molecule has 4 atom stereocenters. The van der Waals surface area contributed by atoms with Gasteiger partial charge >= 0.3 is 0 Å². The molecule has 0 aromatic carbocycles. The molecule has 0 spiro atoms. The molecule has 1 aliphatic rings. The summed E-state index contributed by atoms with van der Waals surface area (Å²) in [7, 11) is 0.